The minimum atomic E-state index is -1.10. The van der Waals surface area contributed by atoms with Crippen LogP contribution in [0.25, 0.3) is 0 Å². The summed E-state index contributed by atoms with van der Waals surface area (Å²) in [6.07, 6.45) is 5.55. The average molecular weight is 427 g/mol. The normalized spacial score (nSPS) is 14.9. The molecule has 0 bridgehead atoms. The number of benzene rings is 1. The van der Waals surface area contributed by atoms with E-state index in [1.165, 1.54) is 11.3 Å². The Balaban J connectivity index is 1.54. The highest BCUT2D eigenvalue weighted by molar-refractivity contribution is 7.11. The zero-order valence-electron chi connectivity index (χ0n) is 17.3. The predicted molar refractivity (Wildman–Crippen MR) is 114 cm³/mol. The summed E-state index contributed by atoms with van der Waals surface area (Å²) in [5.74, 6) is 0. The van der Waals surface area contributed by atoms with Gasteiger partial charge in [-0.05, 0) is 74.6 Å². The van der Waals surface area contributed by atoms with Crippen LogP contribution in [0.3, 0.4) is 0 Å². The van der Waals surface area contributed by atoms with Gasteiger partial charge in [0, 0.05) is 10.6 Å². The van der Waals surface area contributed by atoms with Crippen molar-refractivity contribution in [1.29, 1.82) is 5.26 Å². The van der Waals surface area contributed by atoms with Crippen LogP contribution in [0.4, 0.5) is 10.5 Å². The molecule has 2 aliphatic carbocycles. The van der Waals surface area contributed by atoms with Gasteiger partial charge in [-0.2, -0.15) is 5.26 Å². The van der Waals surface area contributed by atoms with Crippen molar-refractivity contribution < 1.29 is 15.0 Å². The first kappa shape index (κ1) is 20.8. The third-order valence-electron chi connectivity index (χ3n) is 5.85. The maximum atomic E-state index is 12.7. The Kier molecular flexibility index (Phi) is 5.53. The second kappa shape index (κ2) is 7.99. The molecule has 1 aromatic heterocycles. The highest BCUT2D eigenvalue weighted by atomic mass is 32.1. The molecular weight excluding hydrogens is 400 g/mol. The summed E-state index contributed by atoms with van der Waals surface area (Å²) >= 11 is 1.28. The van der Waals surface area contributed by atoms with Gasteiger partial charge < -0.3 is 20.8 Å². The zero-order valence-corrected chi connectivity index (χ0v) is 18.1. The van der Waals surface area contributed by atoms with E-state index in [2.05, 4.69) is 21.7 Å². The van der Waals surface area contributed by atoms with Crippen molar-refractivity contribution in [3.8, 4) is 6.07 Å². The number of nitrogens with zero attached hydrogens (tertiary/aromatic N) is 2. The first-order valence-corrected chi connectivity index (χ1v) is 11.1. The van der Waals surface area contributed by atoms with Gasteiger partial charge in [-0.15, -0.1) is 11.3 Å². The predicted octanol–water partition coefficient (Wildman–Crippen LogP) is 3.03. The Morgan fingerprint density at radius 2 is 1.77 bits per heavy atom. The number of carbonyl (C=O) groups is 1. The van der Waals surface area contributed by atoms with Crippen LogP contribution in [0.2, 0.25) is 0 Å². The lowest BCUT2D eigenvalue weighted by Crippen LogP contribution is -2.29. The summed E-state index contributed by atoms with van der Waals surface area (Å²) in [6.45, 7) is 3.25. The van der Waals surface area contributed by atoms with Gasteiger partial charge in [0.25, 0.3) is 0 Å². The molecule has 4 rings (SSSR count). The minimum Gasteiger partial charge on any atom is -0.390 e. The van der Waals surface area contributed by atoms with Crippen molar-refractivity contribution in [2.45, 2.75) is 71.1 Å². The molecule has 0 unspecified atom stereocenters. The molecule has 1 aromatic carbocycles. The number of nitriles is 1. The van der Waals surface area contributed by atoms with Crippen LogP contribution in [0.1, 0.15) is 70.1 Å². The number of hydrogen-bond acceptors (Lipinski definition) is 6. The number of hydrogen-bond donors (Lipinski definition) is 4. The maximum Gasteiger partial charge on any atom is 0.319 e. The summed E-state index contributed by atoms with van der Waals surface area (Å²) in [5.41, 5.74) is 5.52. The number of aromatic nitrogens is 1. The van der Waals surface area contributed by atoms with Crippen LogP contribution in [0, 0.1) is 11.3 Å². The van der Waals surface area contributed by atoms with E-state index in [-0.39, 0.29) is 19.2 Å². The number of rotatable bonds is 5. The van der Waals surface area contributed by atoms with Crippen molar-refractivity contribution in [3.05, 3.63) is 43.4 Å². The molecule has 2 aromatic rings. The molecule has 8 heteroatoms. The highest BCUT2D eigenvalue weighted by Gasteiger charge is 2.29. The number of amides is 2. The second-order valence-electron chi connectivity index (χ2n) is 8.40. The van der Waals surface area contributed by atoms with E-state index in [1.807, 2.05) is 0 Å². The van der Waals surface area contributed by atoms with E-state index in [9.17, 15) is 20.3 Å². The highest BCUT2D eigenvalue weighted by Crippen LogP contribution is 2.41. The Morgan fingerprint density at radius 1 is 1.17 bits per heavy atom. The lowest BCUT2D eigenvalue weighted by atomic mass is 9.93. The third-order valence-corrected chi connectivity index (χ3v) is 7.26. The number of anilines is 1. The average Bonchev–Trinajstić information content (AvgIpc) is 3.44. The maximum absolute atomic E-state index is 12.7. The van der Waals surface area contributed by atoms with Gasteiger partial charge in [0.1, 0.15) is 10.6 Å². The number of fused-ring (bicyclic) bond motifs is 2. The standard InChI is InChI=1S/C22H26N4O3S/c1-22(2,29)20-25-17(11-27)18(30-20)10-24-21(28)26-19-14-7-3-5-12(14)16(9-23)13-6-4-8-15(13)19/h27,29H,3-8,10-11H2,1-2H3,(H2,24,26,28). The van der Waals surface area contributed by atoms with Crippen molar-refractivity contribution in [3.63, 3.8) is 0 Å². The molecule has 7 nitrogen and oxygen atoms in total. The van der Waals surface area contributed by atoms with E-state index in [1.54, 1.807) is 13.8 Å². The van der Waals surface area contributed by atoms with Gasteiger partial charge in [-0.1, -0.05) is 0 Å². The molecule has 30 heavy (non-hydrogen) atoms. The van der Waals surface area contributed by atoms with Crippen LogP contribution in [0.15, 0.2) is 0 Å². The molecule has 0 spiro atoms. The lowest BCUT2D eigenvalue weighted by molar-refractivity contribution is 0.0779. The molecule has 1 heterocycles. The molecule has 4 N–H and O–H groups in total. The summed E-state index contributed by atoms with van der Waals surface area (Å²) in [4.78, 5) is 17.7. The molecule has 0 saturated carbocycles. The topological polar surface area (TPSA) is 118 Å². The van der Waals surface area contributed by atoms with Gasteiger partial charge in [0.15, 0.2) is 0 Å². The quantitative estimate of drug-likeness (QED) is 0.586. The monoisotopic (exact) mass is 426 g/mol. The van der Waals surface area contributed by atoms with Crippen molar-refractivity contribution in [2.75, 3.05) is 5.32 Å². The summed E-state index contributed by atoms with van der Waals surface area (Å²) in [6, 6.07) is 2.09. The van der Waals surface area contributed by atoms with E-state index in [0.29, 0.717) is 10.7 Å². The molecule has 2 aliphatic rings. The summed E-state index contributed by atoms with van der Waals surface area (Å²) in [7, 11) is 0. The van der Waals surface area contributed by atoms with Crippen LogP contribution >= 0.6 is 11.3 Å². The number of carbonyl (C=O) groups excluding carboxylic acids is 1. The SMILES string of the molecule is CC(C)(O)c1nc(CO)c(CNC(=O)Nc2c3c(c(C#N)c4c2CCC4)CCC3)s1. The van der Waals surface area contributed by atoms with Crippen molar-refractivity contribution in [1.82, 2.24) is 10.3 Å². The molecule has 0 fully saturated rings. The second-order valence-corrected chi connectivity index (χ2v) is 9.48. The fourth-order valence-electron chi connectivity index (χ4n) is 4.47. The van der Waals surface area contributed by atoms with Gasteiger partial charge >= 0.3 is 6.03 Å². The van der Waals surface area contributed by atoms with Gasteiger partial charge in [0.05, 0.1) is 30.5 Å². The van der Waals surface area contributed by atoms with Gasteiger partial charge in [-0.3, -0.25) is 0 Å². The number of nitrogens with one attached hydrogen (secondary N) is 2. The fourth-order valence-corrected chi connectivity index (χ4v) is 5.48. The Morgan fingerprint density at radius 3 is 2.30 bits per heavy atom. The molecule has 0 atom stereocenters. The molecule has 2 amide bonds. The van der Waals surface area contributed by atoms with Gasteiger partial charge in [-0.25, -0.2) is 9.78 Å². The van der Waals surface area contributed by atoms with E-state index in [4.69, 9.17) is 0 Å². The van der Waals surface area contributed by atoms with E-state index >= 15 is 0 Å². The Bertz CT molecular complexity index is 1010. The fraction of sp³-hybridized carbons (Fsp3) is 0.500. The Labute approximate surface area is 179 Å². The minimum absolute atomic E-state index is 0.218. The summed E-state index contributed by atoms with van der Waals surface area (Å²) < 4.78 is 0. The van der Waals surface area contributed by atoms with Crippen molar-refractivity contribution >= 4 is 23.1 Å². The van der Waals surface area contributed by atoms with E-state index < -0.39 is 5.60 Å². The number of aliphatic hydroxyl groups excluding tert-OH is 1. The van der Waals surface area contributed by atoms with Crippen molar-refractivity contribution in [2.24, 2.45) is 0 Å². The van der Waals surface area contributed by atoms with Gasteiger partial charge in [0.2, 0.25) is 0 Å². The van der Waals surface area contributed by atoms with Crippen LogP contribution < -0.4 is 10.6 Å². The van der Waals surface area contributed by atoms with Crippen LogP contribution in [-0.4, -0.2) is 21.2 Å². The molecule has 0 aliphatic heterocycles. The number of aliphatic hydroxyl groups is 2. The number of thiazole rings is 1. The molecular formula is C22H26N4O3S. The Hall–Kier alpha value is -2.47. The molecule has 158 valence electrons. The first-order valence-electron chi connectivity index (χ1n) is 10.3. The first-order chi connectivity index (χ1) is 14.3. The van der Waals surface area contributed by atoms with Crippen LogP contribution in [0.5, 0.6) is 0 Å². The summed E-state index contributed by atoms with van der Waals surface area (Å²) in [5, 5.41) is 35.8. The largest absolute Gasteiger partial charge is 0.390 e. The smallest absolute Gasteiger partial charge is 0.319 e. The number of urea groups is 1. The zero-order chi connectivity index (χ0) is 21.5. The molecule has 0 saturated heterocycles. The third kappa shape index (κ3) is 3.69. The van der Waals surface area contributed by atoms with Crippen LogP contribution in [-0.2, 0) is 44.4 Å². The lowest BCUT2D eigenvalue weighted by Gasteiger charge is -2.18. The van der Waals surface area contributed by atoms with E-state index in [0.717, 1.165) is 76.9 Å². The molecule has 0 radical (unpaired) electrons.